The summed E-state index contributed by atoms with van der Waals surface area (Å²) in [5.74, 6) is 0.537. The minimum absolute atomic E-state index is 0.0491. The van der Waals surface area contributed by atoms with Gasteiger partial charge in [-0.2, -0.15) is 4.98 Å². The summed E-state index contributed by atoms with van der Waals surface area (Å²) in [7, 11) is 4.03. The van der Waals surface area contributed by atoms with E-state index >= 15 is 0 Å². The second-order valence-corrected chi connectivity index (χ2v) is 10.7. The van der Waals surface area contributed by atoms with E-state index in [0.717, 1.165) is 68.9 Å². The van der Waals surface area contributed by atoms with Crippen LogP contribution in [0, 0.1) is 0 Å². The molecule has 0 radical (unpaired) electrons. The standard InChI is InChI=1S/C27H34N8O3/c1-32-14-9-21(10-15-32)33(2)24(36)19-5-7-20(8-6-19)29-25-30-23-22(4-3-13-35(23)31-25)34-16-11-27(12-17-34)18-28-26(37)38-27/h3-8,13,21H,9-12,14-18H2,1-2H3,(H,28,37)(H,29,31). The van der Waals surface area contributed by atoms with Gasteiger partial charge in [0.05, 0.1) is 12.2 Å². The van der Waals surface area contributed by atoms with Gasteiger partial charge in [-0.1, -0.05) is 0 Å². The van der Waals surface area contributed by atoms with Crippen LogP contribution in [0.25, 0.3) is 5.65 Å². The Bertz CT molecular complexity index is 1320. The van der Waals surface area contributed by atoms with Gasteiger partial charge in [0.2, 0.25) is 5.95 Å². The maximum Gasteiger partial charge on any atom is 0.407 e. The van der Waals surface area contributed by atoms with E-state index in [0.29, 0.717) is 18.1 Å². The molecule has 38 heavy (non-hydrogen) atoms. The van der Waals surface area contributed by atoms with Crippen LogP contribution in [-0.4, -0.2) is 94.9 Å². The van der Waals surface area contributed by atoms with Crippen molar-refractivity contribution in [1.82, 2.24) is 29.7 Å². The lowest BCUT2D eigenvalue weighted by Crippen LogP contribution is -2.46. The Morgan fingerprint density at radius 1 is 1.13 bits per heavy atom. The number of ether oxygens (including phenoxy) is 1. The van der Waals surface area contributed by atoms with E-state index in [1.54, 1.807) is 4.52 Å². The maximum absolute atomic E-state index is 13.0. The van der Waals surface area contributed by atoms with Crippen molar-refractivity contribution in [1.29, 1.82) is 0 Å². The zero-order chi connectivity index (χ0) is 26.3. The van der Waals surface area contributed by atoms with Gasteiger partial charge < -0.3 is 30.1 Å². The number of carbonyl (C=O) groups is 2. The van der Waals surface area contributed by atoms with Crippen molar-refractivity contribution in [3.63, 3.8) is 0 Å². The van der Waals surface area contributed by atoms with Gasteiger partial charge in [0, 0.05) is 56.5 Å². The van der Waals surface area contributed by atoms with Gasteiger partial charge in [0.25, 0.3) is 5.91 Å². The number of fused-ring (bicyclic) bond motifs is 1. The normalized spacial score (nSPS) is 19.9. The van der Waals surface area contributed by atoms with Crippen molar-refractivity contribution in [3.05, 3.63) is 48.2 Å². The molecule has 2 N–H and O–H groups in total. The number of amides is 2. The number of piperidine rings is 2. The van der Waals surface area contributed by atoms with Crippen LogP contribution < -0.4 is 15.5 Å². The summed E-state index contributed by atoms with van der Waals surface area (Å²) in [6.07, 6.45) is 5.10. The first-order chi connectivity index (χ1) is 18.4. The Labute approximate surface area is 221 Å². The molecule has 0 unspecified atom stereocenters. The second kappa shape index (κ2) is 9.79. The molecular weight excluding hydrogens is 484 g/mol. The molecular formula is C27H34N8O3. The van der Waals surface area contributed by atoms with Gasteiger partial charge in [-0.25, -0.2) is 9.31 Å². The van der Waals surface area contributed by atoms with Crippen LogP contribution in [0.1, 0.15) is 36.0 Å². The third kappa shape index (κ3) is 4.73. The molecule has 0 saturated carbocycles. The Hall–Kier alpha value is -3.86. The zero-order valence-corrected chi connectivity index (χ0v) is 21.9. The zero-order valence-electron chi connectivity index (χ0n) is 21.9. The van der Waals surface area contributed by atoms with Gasteiger partial charge in [-0.05, 0) is 69.4 Å². The minimum atomic E-state index is -0.394. The van der Waals surface area contributed by atoms with Gasteiger partial charge in [0.1, 0.15) is 5.60 Å². The second-order valence-electron chi connectivity index (χ2n) is 10.7. The van der Waals surface area contributed by atoms with E-state index < -0.39 is 5.60 Å². The predicted molar refractivity (Wildman–Crippen MR) is 144 cm³/mol. The number of carbonyl (C=O) groups excluding carboxylic acids is 2. The highest BCUT2D eigenvalue weighted by atomic mass is 16.6. The van der Waals surface area contributed by atoms with E-state index in [1.165, 1.54) is 0 Å². The highest BCUT2D eigenvalue weighted by Gasteiger charge is 2.43. The van der Waals surface area contributed by atoms with Crippen LogP contribution in [0.3, 0.4) is 0 Å². The molecule has 11 heteroatoms. The van der Waals surface area contributed by atoms with Gasteiger partial charge in [0.15, 0.2) is 5.65 Å². The third-order valence-corrected chi connectivity index (χ3v) is 8.17. The fraction of sp³-hybridized carbons (Fsp3) is 0.481. The van der Waals surface area contributed by atoms with E-state index in [-0.39, 0.29) is 18.0 Å². The summed E-state index contributed by atoms with van der Waals surface area (Å²) < 4.78 is 7.33. The first-order valence-corrected chi connectivity index (χ1v) is 13.3. The van der Waals surface area contributed by atoms with Crippen molar-refractivity contribution in [2.45, 2.75) is 37.3 Å². The first kappa shape index (κ1) is 24.5. The molecule has 0 aliphatic carbocycles. The SMILES string of the molecule is CN1CCC(N(C)C(=O)c2ccc(Nc3nc4c(N5CCC6(CC5)CNC(=O)O6)cccn4n3)cc2)CC1. The van der Waals surface area contributed by atoms with Crippen molar-refractivity contribution in [2.24, 2.45) is 0 Å². The Balaban J connectivity index is 1.12. The van der Waals surface area contributed by atoms with E-state index in [2.05, 4.69) is 32.6 Å². The molecule has 200 valence electrons. The summed E-state index contributed by atoms with van der Waals surface area (Å²) in [5.41, 5.74) is 2.86. The molecule has 3 aliphatic rings. The topological polar surface area (TPSA) is 107 Å². The number of rotatable bonds is 5. The molecule has 3 aliphatic heterocycles. The fourth-order valence-corrected chi connectivity index (χ4v) is 5.70. The Kier molecular flexibility index (Phi) is 6.30. The molecule has 0 bridgehead atoms. The van der Waals surface area contributed by atoms with E-state index in [4.69, 9.17) is 9.72 Å². The lowest BCUT2D eigenvalue weighted by molar-refractivity contribution is 0.0367. The molecule has 3 aromatic rings. The molecule has 11 nitrogen and oxygen atoms in total. The van der Waals surface area contributed by atoms with Crippen molar-refractivity contribution in [2.75, 3.05) is 57.0 Å². The molecule has 5 heterocycles. The number of likely N-dealkylation sites (tertiary alicyclic amines) is 1. The summed E-state index contributed by atoms with van der Waals surface area (Å²) >= 11 is 0. The molecule has 3 saturated heterocycles. The van der Waals surface area contributed by atoms with E-state index in [9.17, 15) is 9.59 Å². The van der Waals surface area contributed by atoms with Gasteiger partial charge in [-0.15, -0.1) is 5.10 Å². The highest BCUT2D eigenvalue weighted by Crippen LogP contribution is 2.33. The molecule has 1 aromatic carbocycles. The number of anilines is 3. The number of nitrogens with zero attached hydrogens (tertiary/aromatic N) is 6. The first-order valence-electron chi connectivity index (χ1n) is 13.3. The number of benzene rings is 1. The molecule has 2 amide bonds. The van der Waals surface area contributed by atoms with Gasteiger partial charge in [-0.3, -0.25) is 4.79 Å². The lowest BCUT2D eigenvalue weighted by Gasteiger charge is -2.38. The molecule has 1 spiro atoms. The summed E-state index contributed by atoms with van der Waals surface area (Å²) in [4.78, 5) is 35.8. The average Bonchev–Trinajstić information content (AvgIpc) is 3.51. The number of alkyl carbamates (subject to hydrolysis) is 1. The summed E-state index contributed by atoms with van der Waals surface area (Å²) in [6.45, 7) is 4.15. The van der Waals surface area contributed by atoms with Crippen LogP contribution in [0.5, 0.6) is 0 Å². The number of pyridine rings is 1. The fourth-order valence-electron chi connectivity index (χ4n) is 5.70. The van der Waals surface area contributed by atoms with Gasteiger partial charge >= 0.3 is 6.09 Å². The Morgan fingerprint density at radius 3 is 2.55 bits per heavy atom. The average molecular weight is 519 g/mol. The summed E-state index contributed by atoms with van der Waals surface area (Å²) in [5, 5.41) is 10.7. The quantitative estimate of drug-likeness (QED) is 0.531. The van der Waals surface area contributed by atoms with Crippen LogP contribution in [0.4, 0.5) is 22.1 Å². The summed E-state index contributed by atoms with van der Waals surface area (Å²) in [6, 6.07) is 11.8. The van der Waals surface area contributed by atoms with Crippen molar-refractivity contribution in [3.8, 4) is 0 Å². The van der Waals surface area contributed by atoms with Crippen LogP contribution in [-0.2, 0) is 4.74 Å². The van der Waals surface area contributed by atoms with Crippen LogP contribution in [0.15, 0.2) is 42.6 Å². The monoisotopic (exact) mass is 518 g/mol. The lowest BCUT2D eigenvalue weighted by atomic mass is 9.91. The predicted octanol–water partition coefficient (Wildman–Crippen LogP) is 2.72. The Morgan fingerprint density at radius 2 is 1.87 bits per heavy atom. The number of hydrogen-bond acceptors (Lipinski definition) is 8. The molecule has 2 aromatic heterocycles. The van der Waals surface area contributed by atoms with Crippen LogP contribution in [0.2, 0.25) is 0 Å². The smallest absolute Gasteiger partial charge is 0.407 e. The largest absolute Gasteiger partial charge is 0.441 e. The van der Waals surface area contributed by atoms with Crippen molar-refractivity contribution >= 4 is 35.0 Å². The highest BCUT2D eigenvalue weighted by molar-refractivity contribution is 5.94. The number of hydrogen-bond donors (Lipinski definition) is 2. The number of nitrogens with one attached hydrogen (secondary N) is 2. The minimum Gasteiger partial charge on any atom is -0.441 e. The number of aromatic nitrogens is 3. The third-order valence-electron chi connectivity index (χ3n) is 8.17. The molecule has 0 atom stereocenters. The molecule has 3 fully saturated rings. The van der Waals surface area contributed by atoms with E-state index in [1.807, 2.05) is 54.5 Å². The van der Waals surface area contributed by atoms with Crippen LogP contribution >= 0.6 is 0 Å². The van der Waals surface area contributed by atoms with Crippen molar-refractivity contribution < 1.29 is 14.3 Å². The maximum atomic E-state index is 13.0. The molecule has 6 rings (SSSR count).